The first-order chi connectivity index (χ1) is 12.1. The van der Waals surface area contributed by atoms with Crippen molar-refractivity contribution < 1.29 is 20.1 Å². The van der Waals surface area contributed by atoms with E-state index >= 15 is 0 Å². The lowest BCUT2D eigenvalue weighted by Gasteiger charge is -2.21. The van der Waals surface area contributed by atoms with Gasteiger partial charge in [-0.3, -0.25) is 4.79 Å². The van der Waals surface area contributed by atoms with Gasteiger partial charge >= 0.3 is 0 Å². The van der Waals surface area contributed by atoms with Crippen LogP contribution in [0.3, 0.4) is 0 Å². The third-order valence-corrected chi connectivity index (χ3v) is 5.06. The molecule has 4 nitrogen and oxygen atoms in total. The minimum absolute atomic E-state index is 0.187. The lowest BCUT2D eigenvalue weighted by molar-refractivity contribution is -0.139. The van der Waals surface area contributed by atoms with E-state index < -0.39 is 18.8 Å². The van der Waals surface area contributed by atoms with E-state index in [9.17, 15) is 15.0 Å². The van der Waals surface area contributed by atoms with Gasteiger partial charge in [-0.2, -0.15) is 0 Å². The fraction of sp³-hybridized carbons (Fsp3) is 0.952. The molecular formula is C21H42O4. The van der Waals surface area contributed by atoms with Crippen molar-refractivity contribution in [2.75, 3.05) is 6.61 Å². The van der Waals surface area contributed by atoms with Crippen LogP contribution in [0.25, 0.3) is 0 Å². The van der Waals surface area contributed by atoms with E-state index in [1.807, 2.05) is 0 Å². The molecule has 0 saturated carbocycles. The summed E-state index contributed by atoms with van der Waals surface area (Å²) in [4.78, 5) is 12.4. The lowest BCUT2D eigenvalue weighted by Crippen LogP contribution is -2.40. The second-order valence-corrected chi connectivity index (χ2v) is 7.41. The number of rotatable bonds is 18. The Balaban J connectivity index is 4.25. The predicted octanol–water partition coefficient (Wildman–Crippen LogP) is 4.39. The van der Waals surface area contributed by atoms with Gasteiger partial charge in [-0.05, 0) is 12.8 Å². The zero-order valence-electron chi connectivity index (χ0n) is 16.6. The van der Waals surface area contributed by atoms with Gasteiger partial charge in [0.25, 0.3) is 0 Å². The first-order valence-corrected chi connectivity index (χ1v) is 10.6. The van der Waals surface area contributed by atoms with Gasteiger partial charge in [-0.25, -0.2) is 0 Å². The van der Waals surface area contributed by atoms with Gasteiger partial charge in [0.2, 0.25) is 0 Å². The topological polar surface area (TPSA) is 77.8 Å². The van der Waals surface area contributed by atoms with Gasteiger partial charge in [0, 0.05) is 5.92 Å². The number of Topliss-reactive ketones (excluding diaryl/α,β-unsaturated/α-hetero) is 1. The van der Waals surface area contributed by atoms with Crippen molar-refractivity contribution in [1.29, 1.82) is 0 Å². The Morgan fingerprint density at radius 2 is 1.12 bits per heavy atom. The Kier molecular flexibility index (Phi) is 16.7. The van der Waals surface area contributed by atoms with Crippen LogP contribution < -0.4 is 0 Å². The number of carbonyl (C=O) groups excluding carboxylic acids is 1. The van der Waals surface area contributed by atoms with Gasteiger partial charge in [0.15, 0.2) is 5.78 Å². The number of unbranched alkanes of at least 4 members (excludes halogenated alkanes) is 10. The summed E-state index contributed by atoms with van der Waals surface area (Å²) in [7, 11) is 0. The molecule has 3 atom stereocenters. The Bertz CT molecular complexity index is 306. The monoisotopic (exact) mass is 358 g/mol. The van der Waals surface area contributed by atoms with Crippen LogP contribution in [0, 0.1) is 5.92 Å². The molecule has 3 N–H and O–H groups in total. The van der Waals surface area contributed by atoms with E-state index in [-0.39, 0.29) is 11.7 Å². The molecular weight excluding hydrogens is 316 g/mol. The van der Waals surface area contributed by atoms with Gasteiger partial charge in [0.1, 0.15) is 12.2 Å². The maximum absolute atomic E-state index is 12.4. The summed E-state index contributed by atoms with van der Waals surface area (Å²) < 4.78 is 0. The highest BCUT2D eigenvalue weighted by Gasteiger charge is 2.29. The summed E-state index contributed by atoms with van der Waals surface area (Å²) >= 11 is 0. The maximum Gasteiger partial charge on any atom is 0.167 e. The van der Waals surface area contributed by atoms with Crippen LogP contribution in [0.4, 0.5) is 0 Å². The third-order valence-electron chi connectivity index (χ3n) is 5.06. The zero-order valence-corrected chi connectivity index (χ0v) is 16.6. The summed E-state index contributed by atoms with van der Waals surface area (Å²) in [5.74, 6) is -0.475. The number of carbonyl (C=O) groups is 1. The van der Waals surface area contributed by atoms with E-state index in [1.54, 1.807) is 0 Å². The Hall–Kier alpha value is -0.450. The highest BCUT2D eigenvalue weighted by molar-refractivity contribution is 5.85. The molecule has 0 aliphatic carbocycles. The summed E-state index contributed by atoms with van der Waals surface area (Å²) in [6.45, 7) is 3.82. The smallest absolute Gasteiger partial charge is 0.167 e. The number of aliphatic hydroxyl groups excluding tert-OH is 3. The highest BCUT2D eigenvalue weighted by Crippen LogP contribution is 2.22. The largest absolute Gasteiger partial charge is 0.394 e. The molecule has 0 fully saturated rings. The molecule has 0 aromatic carbocycles. The molecule has 150 valence electrons. The van der Waals surface area contributed by atoms with Gasteiger partial charge in [-0.15, -0.1) is 0 Å². The van der Waals surface area contributed by atoms with Gasteiger partial charge < -0.3 is 15.3 Å². The van der Waals surface area contributed by atoms with Crippen molar-refractivity contribution in [1.82, 2.24) is 0 Å². The molecule has 25 heavy (non-hydrogen) atoms. The number of hydrogen-bond acceptors (Lipinski definition) is 4. The Morgan fingerprint density at radius 1 is 0.720 bits per heavy atom. The SMILES string of the molecule is CCCCCCCCCC(CCCCCCC)C(=O)C(O)C(O)CO. The van der Waals surface area contributed by atoms with Crippen LogP contribution in [0.1, 0.15) is 104 Å². The average Bonchev–Trinajstić information content (AvgIpc) is 2.63. The Labute approximate surface area is 155 Å². The number of aliphatic hydroxyl groups is 3. The highest BCUT2D eigenvalue weighted by atomic mass is 16.4. The summed E-state index contributed by atoms with van der Waals surface area (Å²) in [5, 5.41) is 28.5. The minimum Gasteiger partial charge on any atom is -0.394 e. The molecule has 0 bridgehead atoms. The zero-order chi connectivity index (χ0) is 18.9. The number of hydrogen-bond donors (Lipinski definition) is 3. The maximum atomic E-state index is 12.4. The van der Waals surface area contributed by atoms with E-state index in [0.717, 1.165) is 38.5 Å². The van der Waals surface area contributed by atoms with Crippen LogP contribution in [0.15, 0.2) is 0 Å². The van der Waals surface area contributed by atoms with Gasteiger partial charge in [-0.1, -0.05) is 90.9 Å². The van der Waals surface area contributed by atoms with Crippen LogP contribution in [-0.2, 0) is 4.79 Å². The first kappa shape index (κ1) is 24.6. The Morgan fingerprint density at radius 3 is 1.52 bits per heavy atom. The first-order valence-electron chi connectivity index (χ1n) is 10.6. The predicted molar refractivity (Wildman–Crippen MR) is 104 cm³/mol. The van der Waals surface area contributed by atoms with E-state index in [0.29, 0.717) is 0 Å². The summed E-state index contributed by atoms with van der Waals surface area (Å²) in [5.41, 5.74) is 0. The molecule has 0 amide bonds. The lowest BCUT2D eigenvalue weighted by atomic mass is 9.87. The summed E-state index contributed by atoms with van der Waals surface area (Å²) in [6.07, 6.45) is 12.9. The fourth-order valence-corrected chi connectivity index (χ4v) is 3.30. The molecule has 0 rings (SSSR count). The average molecular weight is 359 g/mol. The molecule has 0 aliphatic rings. The van der Waals surface area contributed by atoms with Crippen LogP contribution in [-0.4, -0.2) is 39.9 Å². The quantitative estimate of drug-likeness (QED) is 0.318. The van der Waals surface area contributed by atoms with Crippen molar-refractivity contribution in [2.45, 2.75) is 116 Å². The number of ketones is 1. The minimum atomic E-state index is -1.45. The van der Waals surface area contributed by atoms with E-state index in [2.05, 4.69) is 13.8 Å². The standard InChI is InChI=1S/C21H42O4/c1-3-5-7-9-10-12-14-16-18(15-13-11-8-6-4-2)20(24)21(25)19(23)17-22/h18-19,21-23,25H,3-17H2,1-2H3. The third kappa shape index (κ3) is 12.5. The van der Waals surface area contributed by atoms with Gasteiger partial charge in [0.05, 0.1) is 6.61 Å². The van der Waals surface area contributed by atoms with Crippen LogP contribution >= 0.6 is 0 Å². The molecule has 0 heterocycles. The van der Waals surface area contributed by atoms with Crippen molar-refractivity contribution in [3.8, 4) is 0 Å². The van der Waals surface area contributed by atoms with Crippen molar-refractivity contribution in [2.24, 2.45) is 5.92 Å². The molecule has 0 aromatic rings. The second kappa shape index (κ2) is 17.0. The van der Waals surface area contributed by atoms with E-state index in [1.165, 1.54) is 51.4 Å². The molecule has 0 aromatic heterocycles. The molecule has 4 heteroatoms. The van der Waals surface area contributed by atoms with Crippen molar-refractivity contribution >= 4 is 5.78 Å². The van der Waals surface area contributed by atoms with E-state index in [4.69, 9.17) is 5.11 Å². The molecule has 0 saturated heterocycles. The molecule has 0 radical (unpaired) electrons. The second-order valence-electron chi connectivity index (χ2n) is 7.41. The summed E-state index contributed by atoms with van der Waals surface area (Å²) in [6, 6.07) is 0. The molecule has 3 unspecified atom stereocenters. The normalized spacial score (nSPS) is 15.1. The molecule has 0 spiro atoms. The van der Waals surface area contributed by atoms with Crippen LogP contribution in [0.2, 0.25) is 0 Å². The van der Waals surface area contributed by atoms with Crippen LogP contribution in [0.5, 0.6) is 0 Å². The fourth-order valence-electron chi connectivity index (χ4n) is 3.30. The van der Waals surface area contributed by atoms with Crippen molar-refractivity contribution in [3.05, 3.63) is 0 Å². The van der Waals surface area contributed by atoms with Crippen molar-refractivity contribution in [3.63, 3.8) is 0 Å². The molecule has 0 aliphatic heterocycles.